The second-order valence-corrected chi connectivity index (χ2v) is 7.94. The zero-order chi connectivity index (χ0) is 15.3. The van der Waals surface area contributed by atoms with Crippen LogP contribution in [0.25, 0.3) is 0 Å². The average molecular weight is 313 g/mol. The monoisotopic (exact) mass is 312 g/mol. The van der Waals surface area contributed by atoms with Gasteiger partial charge in [-0.1, -0.05) is 44.3 Å². The van der Waals surface area contributed by atoms with Crippen LogP contribution in [0.4, 0.5) is 0 Å². The normalized spacial score (nSPS) is 20.1. The molecule has 2 atom stereocenters. The van der Waals surface area contributed by atoms with Crippen molar-refractivity contribution in [2.24, 2.45) is 5.92 Å². The summed E-state index contributed by atoms with van der Waals surface area (Å²) in [6.07, 6.45) is 15.6. The van der Waals surface area contributed by atoms with Crippen LogP contribution in [-0.4, -0.2) is 24.7 Å². The molecule has 0 aliphatic heterocycles. The molecule has 1 aliphatic rings. The fourth-order valence-electron chi connectivity index (χ4n) is 3.13. The average Bonchev–Trinajstić information content (AvgIpc) is 2.90. The SMILES string of the molecule is C=C1CCC(CCCCCCCSCCCC(C)OC)C1. The van der Waals surface area contributed by atoms with Gasteiger partial charge in [-0.05, 0) is 62.9 Å². The number of hydrogen-bond donors (Lipinski definition) is 0. The Bertz CT molecular complexity index is 264. The van der Waals surface area contributed by atoms with Crippen LogP contribution in [0.3, 0.4) is 0 Å². The van der Waals surface area contributed by atoms with E-state index in [0.29, 0.717) is 6.10 Å². The van der Waals surface area contributed by atoms with Gasteiger partial charge in [-0.2, -0.15) is 11.8 Å². The molecule has 2 heteroatoms. The lowest BCUT2D eigenvalue weighted by Gasteiger charge is -2.09. The molecule has 1 nitrogen and oxygen atoms in total. The van der Waals surface area contributed by atoms with Gasteiger partial charge in [-0.25, -0.2) is 0 Å². The fourth-order valence-corrected chi connectivity index (χ4v) is 4.11. The molecule has 1 fully saturated rings. The molecule has 2 unspecified atom stereocenters. The van der Waals surface area contributed by atoms with Gasteiger partial charge in [-0.3, -0.25) is 0 Å². The molecule has 0 aromatic rings. The first-order chi connectivity index (χ1) is 10.2. The van der Waals surface area contributed by atoms with Crippen molar-refractivity contribution in [3.05, 3.63) is 12.2 Å². The number of methoxy groups -OCH3 is 1. The molecule has 0 bridgehead atoms. The summed E-state index contributed by atoms with van der Waals surface area (Å²) in [6, 6.07) is 0. The van der Waals surface area contributed by atoms with Crippen molar-refractivity contribution in [1.82, 2.24) is 0 Å². The standard InChI is InChI=1S/C19H36OS/c1-17-12-13-19(16-17)11-7-5-4-6-8-14-21-15-9-10-18(2)20-3/h18-19H,1,4-16H2,2-3H3. The van der Waals surface area contributed by atoms with Gasteiger partial charge in [0.25, 0.3) is 0 Å². The van der Waals surface area contributed by atoms with E-state index in [4.69, 9.17) is 4.74 Å². The highest BCUT2D eigenvalue weighted by atomic mass is 32.2. The van der Waals surface area contributed by atoms with Gasteiger partial charge in [0.15, 0.2) is 0 Å². The predicted octanol–water partition coefficient (Wildman–Crippen LogP) is 6.23. The highest BCUT2D eigenvalue weighted by Crippen LogP contribution is 2.32. The third-order valence-corrected chi connectivity index (χ3v) is 5.84. The van der Waals surface area contributed by atoms with E-state index in [1.807, 2.05) is 0 Å². The first kappa shape index (κ1) is 19.1. The van der Waals surface area contributed by atoms with E-state index >= 15 is 0 Å². The second-order valence-electron chi connectivity index (χ2n) is 6.72. The van der Waals surface area contributed by atoms with Crippen molar-refractivity contribution in [1.29, 1.82) is 0 Å². The van der Waals surface area contributed by atoms with Crippen molar-refractivity contribution >= 4 is 11.8 Å². The Kier molecular flexibility index (Phi) is 11.4. The molecule has 0 heterocycles. The van der Waals surface area contributed by atoms with Crippen LogP contribution in [0.1, 0.15) is 77.6 Å². The van der Waals surface area contributed by atoms with Crippen LogP contribution < -0.4 is 0 Å². The van der Waals surface area contributed by atoms with Gasteiger partial charge < -0.3 is 4.74 Å². The number of hydrogen-bond acceptors (Lipinski definition) is 2. The van der Waals surface area contributed by atoms with E-state index in [2.05, 4.69) is 25.3 Å². The van der Waals surface area contributed by atoms with E-state index < -0.39 is 0 Å². The topological polar surface area (TPSA) is 9.23 Å². The molecule has 0 aromatic heterocycles. The molecule has 0 N–H and O–H groups in total. The summed E-state index contributed by atoms with van der Waals surface area (Å²) >= 11 is 2.12. The van der Waals surface area contributed by atoms with Gasteiger partial charge in [0.1, 0.15) is 0 Å². The van der Waals surface area contributed by atoms with Gasteiger partial charge >= 0.3 is 0 Å². The predicted molar refractivity (Wildman–Crippen MR) is 97.2 cm³/mol. The lowest BCUT2D eigenvalue weighted by atomic mass is 9.99. The smallest absolute Gasteiger partial charge is 0.0543 e. The molecule has 0 radical (unpaired) electrons. The number of rotatable bonds is 13. The molecular formula is C19H36OS. The fraction of sp³-hybridized carbons (Fsp3) is 0.895. The van der Waals surface area contributed by atoms with Crippen molar-refractivity contribution in [2.75, 3.05) is 18.6 Å². The van der Waals surface area contributed by atoms with E-state index in [1.165, 1.54) is 87.7 Å². The molecule has 21 heavy (non-hydrogen) atoms. The molecule has 0 amide bonds. The number of allylic oxidation sites excluding steroid dienone is 1. The quantitative estimate of drug-likeness (QED) is 0.294. The number of ether oxygens (including phenoxy) is 1. The minimum atomic E-state index is 0.433. The van der Waals surface area contributed by atoms with Crippen LogP contribution in [0.15, 0.2) is 12.2 Å². The summed E-state index contributed by atoms with van der Waals surface area (Å²) < 4.78 is 5.26. The summed E-state index contributed by atoms with van der Waals surface area (Å²) in [7, 11) is 1.81. The van der Waals surface area contributed by atoms with Gasteiger partial charge in [0, 0.05) is 7.11 Å². The molecule has 124 valence electrons. The van der Waals surface area contributed by atoms with Crippen molar-refractivity contribution < 1.29 is 4.74 Å². The lowest BCUT2D eigenvalue weighted by Crippen LogP contribution is -2.04. The molecule has 0 spiro atoms. The lowest BCUT2D eigenvalue weighted by molar-refractivity contribution is 0.110. The van der Waals surface area contributed by atoms with Gasteiger partial charge in [0.2, 0.25) is 0 Å². The van der Waals surface area contributed by atoms with E-state index in [-0.39, 0.29) is 0 Å². The van der Waals surface area contributed by atoms with E-state index in [1.54, 1.807) is 7.11 Å². The summed E-state index contributed by atoms with van der Waals surface area (Å²) in [5.41, 5.74) is 1.50. The minimum Gasteiger partial charge on any atom is -0.382 e. The van der Waals surface area contributed by atoms with Crippen LogP contribution in [0.2, 0.25) is 0 Å². The summed E-state index contributed by atoms with van der Waals surface area (Å²) in [4.78, 5) is 0. The maximum atomic E-state index is 5.26. The number of thioether (sulfide) groups is 1. The van der Waals surface area contributed by atoms with Crippen molar-refractivity contribution in [2.45, 2.75) is 83.7 Å². The first-order valence-corrected chi connectivity index (χ1v) is 10.1. The molecule has 1 aliphatic carbocycles. The van der Waals surface area contributed by atoms with Gasteiger partial charge in [-0.15, -0.1) is 0 Å². The highest BCUT2D eigenvalue weighted by molar-refractivity contribution is 7.99. The zero-order valence-electron chi connectivity index (χ0n) is 14.4. The Morgan fingerprint density at radius 2 is 1.86 bits per heavy atom. The zero-order valence-corrected chi connectivity index (χ0v) is 15.2. The Balaban J connectivity index is 1.74. The van der Waals surface area contributed by atoms with Crippen LogP contribution >= 0.6 is 11.8 Å². The van der Waals surface area contributed by atoms with Gasteiger partial charge in [0.05, 0.1) is 6.10 Å². The third kappa shape index (κ3) is 10.4. The summed E-state index contributed by atoms with van der Waals surface area (Å²) in [6.45, 7) is 6.27. The number of unbranched alkanes of at least 4 members (excludes halogenated alkanes) is 4. The molecular weight excluding hydrogens is 276 g/mol. The summed E-state index contributed by atoms with van der Waals surface area (Å²) in [5, 5.41) is 0. The summed E-state index contributed by atoms with van der Waals surface area (Å²) in [5.74, 6) is 3.63. The van der Waals surface area contributed by atoms with E-state index in [0.717, 1.165) is 5.92 Å². The Morgan fingerprint density at radius 3 is 2.57 bits per heavy atom. The molecule has 0 saturated heterocycles. The van der Waals surface area contributed by atoms with Crippen LogP contribution in [0.5, 0.6) is 0 Å². The Morgan fingerprint density at radius 1 is 1.14 bits per heavy atom. The second kappa shape index (κ2) is 12.6. The maximum absolute atomic E-state index is 5.26. The van der Waals surface area contributed by atoms with Crippen molar-refractivity contribution in [3.63, 3.8) is 0 Å². The molecule has 0 aromatic carbocycles. The van der Waals surface area contributed by atoms with Crippen LogP contribution in [-0.2, 0) is 4.74 Å². The van der Waals surface area contributed by atoms with Crippen molar-refractivity contribution in [3.8, 4) is 0 Å². The highest BCUT2D eigenvalue weighted by Gasteiger charge is 2.16. The third-order valence-electron chi connectivity index (χ3n) is 4.69. The first-order valence-electron chi connectivity index (χ1n) is 8.99. The molecule has 1 rings (SSSR count). The van der Waals surface area contributed by atoms with E-state index in [9.17, 15) is 0 Å². The minimum absolute atomic E-state index is 0.433. The largest absolute Gasteiger partial charge is 0.382 e. The molecule has 1 saturated carbocycles. The van der Waals surface area contributed by atoms with Crippen LogP contribution in [0, 0.1) is 5.92 Å². The Labute approximate surface area is 137 Å². The Hall–Kier alpha value is 0.0500. The maximum Gasteiger partial charge on any atom is 0.0543 e.